The highest BCUT2D eigenvalue weighted by molar-refractivity contribution is 6.31. The number of para-hydroxylation sites is 2. The number of amides is 1. The van der Waals surface area contributed by atoms with Gasteiger partial charge in [-0.25, -0.2) is 9.37 Å². The molecule has 4 aromatic carbocycles. The summed E-state index contributed by atoms with van der Waals surface area (Å²) in [5.74, 6) is -1.36. The summed E-state index contributed by atoms with van der Waals surface area (Å²) >= 11 is 6.26. The first-order chi connectivity index (χ1) is 21.0. The predicted octanol–water partition coefficient (Wildman–Crippen LogP) is 6.78. The van der Waals surface area contributed by atoms with E-state index in [-0.39, 0.29) is 50.1 Å². The van der Waals surface area contributed by atoms with Gasteiger partial charge >= 0.3 is 6.18 Å². The molecule has 13 heteroatoms. The Balaban J connectivity index is 1.56. The fourth-order valence-corrected chi connectivity index (χ4v) is 4.47. The second-order valence-electron chi connectivity index (χ2n) is 9.24. The number of methoxy groups -OCH3 is 1. The molecule has 1 N–H and O–H groups in total. The number of carbonyl (C=O) groups excluding carboxylic acids is 1. The average Bonchev–Trinajstić information content (AvgIpc) is 3.00. The molecule has 224 valence electrons. The van der Waals surface area contributed by atoms with Crippen molar-refractivity contribution in [3.8, 4) is 22.9 Å². The molecule has 0 radical (unpaired) electrons. The lowest BCUT2D eigenvalue weighted by Gasteiger charge is -2.15. The van der Waals surface area contributed by atoms with Crippen LogP contribution in [-0.4, -0.2) is 35.5 Å². The Hall–Kier alpha value is -5.23. The zero-order valence-electron chi connectivity index (χ0n) is 22.7. The van der Waals surface area contributed by atoms with Crippen LogP contribution in [0.4, 0.5) is 23.2 Å². The largest absolute Gasteiger partial charge is 0.493 e. The zero-order chi connectivity index (χ0) is 31.4. The number of hydrogen-bond donors (Lipinski definition) is 1. The van der Waals surface area contributed by atoms with E-state index in [0.717, 1.165) is 16.8 Å². The van der Waals surface area contributed by atoms with Crippen LogP contribution in [0, 0.1) is 5.82 Å². The molecule has 5 aromatic rings. The number of anilines is 1. The summed E-state index contributed by atoms with van der Waals surface area (Å²) in [6, 6.07) is 19.1. The van der Waals surface area contributed by atoms with Crippen molar-refractivity contribution in [3.63, 3.8) is 0 Å². The van der Waals surface area contributed by atoms with Crippen molar-refractivity contribution in [2.24, 2.45) is 5.10 Å². The molecule has 0 saturated heterocycles. The van der Waals surface area contributed by atoms with Crippen LogP contribution >= 0.6 is 11.6 Å². The number of nitrogens with one attached hydrogen (secondary N) is 1. The van der Waals surface area contributed by atoms with Crippen LogP contribution in [0.2, 0.25) is 5.02 Å². The summed E-state index contributed by atoms with van der Waals surface area (Å²) in [6.45, 7) is -0.569. The summed E-state index contributed by atoms with van der Waals surface area (Å²) in [5.41, 5.74) is -1.23. The van der Waals surface area contributed by atoms with Crippen molar-refractivity contribution in [2.45, 2.75) is 6.18 Å². The molecule has 44 heavy (non-hydrogen) atoms. The number of carbonyl (C=O) groups is 1. The molecule has 1 aromatic heterocycles. The molecular formula is C31H21ClF4N4O4. The maximum absolute atomic E-state index is 14.0. The Kier molecular flexibility index (Phi) is 8.63. The minimum absolute atomic E-state index is 0.00625. The van der Waals surface area contributed by atoms with Crippen molar-refractivity contribution in [2.75, 3.05) is 19.0 Å². The van der Waals surface area contributed by atoms with Crippen LogP contribution in [0.1, 0.15) is 11.1 Å². The molecule has 0 unspecified atom stereocenters. The number of nitrogens with zero attached hydrogens (tertiary/aromatic N) is 3. The van der Waals surface area contributed by atoms with Crippen LogP contribution < -0.4 is 20.3 Å². The Morgan fingerprint density at radius 3 is 2.55 bits per heavy atom. The SMILES string of the molecule is COc1cc(Cl)cc(C=Nn2c(-c3cccc(C(F)(F)F)c3)nc3ccccc3c2=O)c1OCC(=O)Nc1ccccc1F. The fraction of sp³-hybridized carbons (Fsp3) is 0.0968. The number of ether oxygens (including phenoxy) is 2. The summed E-state index contributed by atoms with van der Waals surface area (Å²) in [7, 11) is 1.34. The Bertz CT molecular complexity index is 1960. The summed E-state index contributed by atoms with van der Waals surface area (Å²) < 4.78 is 66.4. The molecule has 1 amide bonds. The number of alkyl halides is 3. The third-order valence-electron chi connectivity index (χ3n) is 6.28. The van der Waals surface area contributed by atoms with Crippen molar-refractivity contribution in [3.05, 3.63) is 117 Å². The van der Waals surface area contributed by atoms with E-state index in [1.807, 2.05) is 0 Å². The van der Waals surface area contributed by atoms with Gasteiger partial charge in [-0.15, -0.1) is 0 Å². The van der Waals surface area contributed by atoms with Crippen molar-refractivity contribution < 1.29 is 31.8 Å². The normalized spacial score (nSPS) is 11.6. The lowest BCUT2D eigenvalue weighted by atomic mass is 10.1. The standard InChI is InChI=1S/C31H21ClF4N4O4/c1-43-26-15-21(32)14-19(28(26)44-17-27(41)38-25-12-5-3-10-23(25)33)16-37-40-29(18-7-6-8-20(13-18)31(34,35)36)39-24-11-4-2-9-22(24)30(40)42/h2-16H,17H2,1H3,(H,38,41). The van der Waals surface area contributed by atoms with E-state index in [9.17, 15) is 27.2 Å². The molecule has 0 saturated carbocycles. The van der Waals surface area contributed by atoms with Gasteiger partial charge in [0, 0.05) is 22.2 Å². The Morgan fingerprint density at radius 1 is 1.05 bits per heavy atom. The zero-order valence-corrected chi connectivity index (χ0v) is 23.5. The molecule has 0 fully saturated rings. The van der Waals surface area contributed by atoms with Crippen molar-refractivity contribution in [1.29, 1.82) is 0 Å². The van der Waals surface area contributed by atoms with Crippen LogP contribution in [0.5, 0.6) is 11.5 Å². The molecule has 0 spiro atoms. The maximum atomic E-state index is 14.0. The van der Waals surface area contributed by atoms with Gasteiger partial charge in [0.15, 0.2) is 23.9 Å². The minimum Gasteiger partial charge on any atom is -0.493 e. The lowest BCUT2D eigenvalue weighted by Crippen LogP contribution is -2.22. The molecular weight excluding hydrogens is 604 g/mol. The predicted molar refractivity (Wildman–Crippen MR) is 158 cm³/mol. The molecule has 5 rings (SSSR count). The molecule has 0 aliphatic carbocycles. The van der Waals surface area contributed by atoms with Gasteiger partial charge in [0.2, 0.25) is 0 Å². The van der Waals surface area contributed by atoms with Gasteiger partial charge < -0.3 is 14.8 Å². The summed E-state index contributed by atoms with van der Waals surface area (Å²) in [4.78, 5) is 30.5. The van der Waals surface area contributed by atoms with Gasteiger partial charge in [-0.2, -0.15) is 22.9 Å². The molecule has 0 bridgehead atoms. The third-order valence-corrected chi connectivity index (χ3v) is 6.50. The quantitative estimate of drug-likeness (QED) is 0.152. The first kappa shape index (κ1) is 30.2. The number of benzene rings is 4. The van der Waals surface area contributed by atoms with Gasteiger partial charge in [-0.1, -0.05) is 48.0 Å². The smallest absolute Gasteiger partial charge is 0.416 e. The fourth-order valence-electron chi connectivity index (χ4n) is 4.25. The highest BCUT2D eigenvalue weighted by atomic mass is 35.5. The second kappa shape index (κ2) is 12.6. The van der Waals surface area contributed by atoms with E-state index in [4.69, 9.17) is 21.1 Å². The lowest BCUT2D eigenvalue weighted by molar-refractivity contribution is -0.137. The Morgan fingerprint density at radius 2 is 1.80 bits per heavy atom. The van der Waals surface area contributed by atoms with Crippen molar-refractivity contribution in [1.82, 2.24) is 9.66 Å². The molecule has 0 aliphatic rings. The topological polar surface area (TPSA) is 94.8 Å². The van der Waals surface area contributed by atoms with Gasteiger partial charge in [-0.05, 0) is 42.5 Å². The molecule has 0 atom stereocenters. The van der Waals surface area contributed by atoms with Gasteiger partial charge in [-0.3, -0.25) is 9.59 Å². The monoisotopic (exact) mass is 624 g/mol. The van der Waals surface area contributed by atoms with Crippen molar-refractivity contribution >= 4 is 40.3 Å². The maximum Gasteiger partial charge on any atom is 0.416 e. The number of halogens is 5. The van der Waals surface area contributed by atoms with Crippen LogP contribution in [0.3, 0.4) is 0 Å². The number of aromatic nitrogens is 2. The summed E-state index contributed by atoms with van der Waals surface area (Å²) in [5, 5.41) is 7.03. The van der Waals surface area contributed by atoms with Crippen LogP contribution in [0.25, 0.3) is 22.3 Å². The second-order valence-corrected chi connectivity index (χ2v) is 9.67. The first-order valence-electron chi connectivity index (χ1n) is 12.8. The van der Waals surface area contributed by atoms with E-state index in [0.29, 0.717) is 0 Å². The van der Waals surface area contributed by atoms with Gasteiger partial charge in [0.25, 0.3) is 11.5 Å². The highest BCUT2D eigenvalue weighted by Crippen LogP contribution is 2.35. The van der Waals surface area contributed by atoms with E-state index in [2.05, 4.69) is 15.4 Å². The molecule has 8 nitrogen and oxygen atoms in total. The third kappa shape index (κ3) is 6.55. The van der Waals surface area contributed by atoms with E-state index in [1.54, 1.807) is 24.3 Å². The highest BCUT2D eigenvalue weighted by Gasteiger charge is 2.31. The number of fused-ring (bicyclic) bond motifs is 1. The van der Waals surface area contributed by atoms with E-state index < -0.39 is 35.6 Å². The molecule has 0 aliphatic heterocycles. The average molecular weight is 625 g/mol. The molecule has 1 heterocycles. The van der Waals surface area contributed by atoms with Crippen LogP contribution in [0.15, 0.2) is 94.8 Å². The Labute approximate surface area is 252 Å². The van der Waals surface area contributed by atoms with Gasteiger partial charge in [0.05, 0.1) is 35.5 Å². The van der Waals surface area contributed by atoms with E-state index >= 15 is 0 Å². The van der Waals surface area contributed by atoms with E-state index in [1.165, 1.54) is 61.9 Å². The van der Waals surface area contributed by atoms with Gasteiger partial charge in [0.1, 0.15) is 5.82 Å². The number of rotatable bonds is 8. The van der Waals surface area contributed by atoms with Crippen LogP contribution in [-0.2, 0) is 11.0 Å². The summed E-state index contributed by atoms with van der Waals surface area (Å²) in [6.07, 6.45) is -3.46. The minimum atomic E-state index is -4.64. The number of hydrogen-bond acceptors (Lipinski definition) is 6. The first-order valence-corrected chi connectivity index (χ1v) is 13.2.